The highest BCUT2D eigenvalue weighted by atomic mass is 32.1. The monoisotopic (exact) mass is 208 g/mol. The number of alkyl halides is 1. The van der Waals surface area contributed by atoms with Gasteiger partial charge in [0, 0.05) is 33.2 Å². The maximum atomic E-state index is 12.0. The molecule has 0 saturated carbocycles. The number of halogens is 1. The third kappa shape index (κ3) is 8.08. The maximum absolute atomic E-state index is 12.0. The second-order valence-corrected chi connectivity index (χ2v) is 3.26. The summed E-state index contributed by atoms with van der Waals surface area (Å²) in [5.74, 6) is 0. The average Bonchev–Trinajstić information content (AvgIpc) is 2.09. The zero-order chi connectivity index (χ0) is 10.1. The van der Waals surface area contributed by atoms with Crippen molar-refractivity contribution in [3.8, 4) is 0 Å². The van der Waals surface area contributed by atoms with E-state index in [-0.39, 0.29) is 6.67 Å². The van der Waals surface area contributed by atoms with Gasteiger partial charge < -0.3 is 10.5 Å². The molecule has 2 N–H and O–H groups in total. The van der Waals surface area contributed by atoms with Gasteiger partial charge in [-0.1, -0.05) is 12.2 Å². The number of rotatable bonds is 8. The van der Waals surface area contributed by atoms with Gasteiger partial charge in [0.1, 0.15) is 6.67 Å². The number of hydrogen-bond donors (Lipinski definition) is 1. The number of nitrogens with two attached hydrogens (primary N) is 1. The predicted molar refractivity (Wildman–Crippen MR) is 55.7 cm³/mol. The third-order valence-electron chi connectivity index (χ3n) is 1.69. The van der Waals surface area contributed by atoms with Crippen molar-refractivity contribution in [1.29, 1.82) is 0 Å². The van der Waals surface area contributed by atoms with Crippen LogP contribution < -0.4 is 5.73 Å². The quantitative estimate of drug-likeness (QED) is 0.592. The Kier molecular flexibility index (Phi) is 8.18. The van der Waals surface area contributed by atoms with E-state index in [0.29, 0.717) is 31.1 Å². The summed E-state index contributed by atoms with van der Waals surface area (Å²) in [4.78, 5) is 2.42. The van der Waals surface area contributed by atoms with Crippen LogP contribution in [0.1, 0.15) is 6.42 Å². The van der Waals surface area contributed by atoms with Gasteiger partial charge in [-0.25, -0.2) is 4.39 Å². The lowest BCUT2D eigenvalue weighted by Crippen LogP contribution is -2.32. The van der Waals surface area contributed by atoms with E-state index in [1.54, 1.807) is 7.11 Å². The minimum atomic E-state index is -0.346. The van der Waals surface area contributed by atoms with E-state index < -0.39 is 0 Å². The second-order valence-electron chi connectivity index (χ2n) is 2.74. The Bertz CT molecular complexity index is 146. The lowest BCUT2D eigenvalue weighted by atomic mass is 10.3. The standard InChI is InChI=1S/C8H17FN2OS/c1-12-7-6-11(5-3-9)4-2-8(10)13/h2-7H2,1H3,(H2,10,13). The van der Waals surface area contributed by atoms with Crippen LogP contribution in [0.3, 0.4) is 0 Å². The van der Waals surface area contributed by atoms with Crippen molar-refractivity contribution >= 4 is 17.2 Å². The first-order valence-electron chi connectivity index (χ1n) is 4.26. The van der Waals surface area contributed by atoms with E-state index in [1.807, 2.05) is 4.90 Å². The summed E-state index contributed by atoms with van der Waals surface area (Å²) in [6.45, 7) is 2.12. The normalized spacial score (nSPS) is 10.7. The molecule has 0 atom stereocenters. The summed E-state index contributed by atoms with van der Waals surface area (Å²) < 4.78 is 16.9. The third-order valence-corrected chi connectivity index (χ3v) is 1.89. The summed E-state index contributed by atoms with van der Waals surface area (Å²) >= 11 is 4.74. The number of methoxy groups -OCH3 is 1. The van der Waals surface area contributed by atoms with E-state index in [2.05, 4.69) is 0 Å². The Morgan fingerprint density at radius 1 is 1.46 bits per heavy atom. The zero-order valence-corrected chi connectivity index (χ0v) is 8.78. The number of hydrogen-bond acceptors (Lipinski definition) is 3. The number of thiocarbonyl (C=S) groups is 1. The zero-order valence-electron chi connectivity index (χ0n) is 7.96. The fourth-order valence-corrected chi connectivity index (χ4v) is 1.03. The SMILES string of the molecule is COCCN(CCF)CCC(N)=S. The molecule has 0 aliphatic heterocycles. The molecule has 0 amide bonds. The molecular weight excluding hydrogens is 191 g/mol. The van der Waals surface area contributed by atoms with E-state index in [0.717, 1.165) is 6.54 Å². The van der Waals surface area contributed by atoms with Gasteiger partial charge in [0.05, 0.1) is 11.6 Å². The van der Waals surface area contributed by atoms with Gasteiger partial charge >= 0.3 is 0 Å². The summed E-state index contributed by atoms with van der Waals surface area (Å²) in [5, 5.41) is 0. The van der Waals surface area contributed by atoms with Crippen LogP contribution in [0.5, 0.6) is 0 Å². The minimum absolute atomic E-state index is 0.346. The molecule has 0 radical (unpaired) electrons. The first-order valence-corrected chi connectivity index (χ1v) is 4.67. The maximum Gasteiger partial charge on any atom is 0.102 e. The Morgan fingerprint density at radius 2 is 2.15 bits per heavy atom. The lowest BCUT2D eigenvalue weighted by Gasteiger charge is -2.19. The van der Waals surface area contributed by atoms with Crippen LogP contribution in [0.4, 0.5) is 4.39 Å². The second kappa shape index (κ2) is 8.34. The van der Waals surface area contributed by atoms with Crippen molar-refractivity contribution < 1.29 is 9.13 Å². The first-order chi connectivity index (χ1) is 6.20. The van der Waals surface area contributed by atoms with Gasteiger partial charge in [0.25, 0.3) is 0 Å². The van der Waals surface area contributed by atoms with Crippen molar-refractivity contribution in [2.45, 2.75) is 6.42 Å². The molecule has 0 aliphatic carbocycles. The summed E-state index contributed by atoms with van der Waals surface area (Å²) in [5.41, 5.74) is 5.35. The molecule has 0 saturated heterocycles. The Balaban J connectivity index is 3.59. The first kappa shape index (κ1) is 12.7. The highest BCUT2D eigenvalue weighted by Crippen LogP contribution is 1.92. The van der Waals surface area contributed by atoms with E-state index >= 15 is 0 Å². The Labute approximate surface area is 84.0 Å². The largest absolute Gasteiger partial charge is 0.393 e. The molecule has 5 heteroatoms. The van der Waals surface area contributed by atoms with Crippen molar-refractivity contribution in [3.05, 3.63) is 0 Å². The van der Waals surface area contributed by atoms with Gasteiger partial charge in [-0.2, -0.15) is 0 Å². The summed E-state index contributed by atoms with van der Waals surface area (Å²) in [6, 6.07) is 0. The van der Waals surface area contributed by atoms with E-state index in [4.69, 9.17) is 22.7 Å². The van der Waals surface area contributed by atoms with Crippen molar-refractivity contribution in [1.82, 2.24) is 4.90 Å². The molecule has 0 aromatic rings. The average molecular weight is 208 g/mol. The molecule has 0 unspecified atom stereocenters. The van der Waals surface area contributed by atoms with Crippen LogP contribution >= 0.6 is 12.2 Å². The van der Waals surface area contributed by atoms with Crippen molar-refractivity contribution in [2.75, 3.05) is 40.0 Å². The molecule has 3 nitrogen and oxygen atoms in total. The smallest absolute Gasteiger partial charge is 0.102 e. The van der Waals surface area contributed by atoms with Crippen molar-refractivity contribution in [2.24, 2.45) is 5.73 Å². The highest BCUT2D eigenvalue weighted by Gasteiger charge is 2.04. The molecule has 78 valence electrons. The molecule has 0 heterocycles. The van der Waals surface area contributed by atoms with Crippen LogP contribution in [0.25, 0.3) is 0 Å². The Morgan fingerprint density at radius 3 is 2.62 bits per heavy atom. The van der Waals surface area contributed by atoms with Crippen LogP contribution in [0.2, 0.25) is 0 Å². The molecular formula is C8H17FN2OS. The number of nitrogens with zero attached hydrogens (tertiary/aromatic N) is 1. The van der Waals surface area contributed by atoms with Gasteiger partial charge in [0.2, 0.25) is 0 Å². The summed E-state index contributed by atoms with van der Waals surface area (Å²) in [6.07, 6.45) is 0.638. The summed E-state index contributed by atoms with van der Waals surface area (Å²) in [7, 11) is 1.63. The van der Waals surface area contributed by atoms with Gasteiger partial charge in [-0.3, -0.25) is 4.90 Å². The predicted octanol–water partition coefficient (Wildman–Crippen LogP) is 0.581. The molecule has 0 aliphatic rings. The van der Waals surface area contributed by atoms with Crippen LogP contribution in [0, 0.1) is 0 Å². The van der Waals surface area contributed by atoms with E-state index in [1.165, 1.54) is 0 Å². The molecule has 0 bridgehead atoms. The fourth-order valence-electron chi connectivity index (χ4n) is 0.944. The fraction of sp³-hybridized carbons (Fsp3) is 0.875. The number of ether oxygens (including phenoxy) is 1. The van der Waals surface area contributed by atoms with Crippen LogP contribution in [-0.2, 0) is 4.74 Å². The molecule has 13 heavy (non-hydrogen) atoms. The lowest BCUT2D eigenvalue weighted by molar-refractivity contribution is 0.144. The molecule has 0 aromatic heterocycles. The van der Waals surface area contributed by atoms with Crippen molar-refractivity contribution in [3.63, 3.8) is 0 Å². The molecule has 0 aromatic carbocycles. The minimum Gasteiger partial charge on any atom is -0.393 e. The molecule has 0 fully saturated rings. The topological polar surface area (TPSA) is 38.5 Å². The van der Waals surface area contributed by atoms with Gasteiger partial charge in [-0.15, -0.1) is 0 Å². The van der Waals surface area contributed by atoms with Gasteiger partial charge in [-0.05, 0) is 0 Å². The van der Waals surface area contributed by atoms with Gasteiger partial charge in [0.15, 0.2) is 0 Å². The van der Waals surface area contributed by atoms with Crippen LogP contribution in [0.15, 0.2) is 0 Å². The van der Waals surface area contributed by atoms with Crippen LogP contribution in [-0.4, -0.2) is 49.9 Å². The highest BCUT2D eigenvalue weighted by molar-refractivity contribution is 7.80. The van der Waals surface area contributed by atoms with E-state index in [9.17, 15) is 4.39 Å². The molecule has 0 rings (SSSR count). The molecule has 0 spiro atoms. The Hall–Kier alpha value is -0.260.